The van der Waals surface area contributed by atoms with Gasteiger partial charge in [-0.05, 0) is 31.6 Å². The van der Waals surface area contributed by atoms with Crippen LogP contribution in [-0.2, 0) is 65.4 Å². The van der Waals surface area contributed by atoms with Crippen molar-refractivity contribution in [1.82, 2.24) is 0 Å². The number of phosphoric acid groups is 2. The second kappa shape index (κ2) is 72.0. The molecule has 3 N–H and O–H groups in total. The molecule has 0 aromatic heterocycles. The minimum absolute atomic E-state index is 0.108. The average Bonchev–Trinajstić information content (AvgIpc) is 1.08. The number of aliphatic hydroxyl groups excluding tert-OH is 1. The van der Waals surface area contributed by atoms with E-state index in [2.05, 4.69) is 34.6 Å². The van der Waals surface area contributed by atoms with Crippen molar-refractivity contribution in [3.8, 4) is 0 Å². The van der Waals surface area contributed by atoms with Gasteiger partial charge in [-0.1, -0.05) is 369 Å². The van der Waals surface area contributed by atoms with E-state index < -0.39 is 97.5 Å². The molecule has 0 aliphatic heterocycles. The third kappa shape index (κ3) is 72.4. The number of esters is 4. The number of aliphatic hydroxyl groups is 1. The Morgan fingerprint density at radius 2 is 0.469 bits per heavy atom. The summed E-state index contributed by atoms with van der Waals surface area (Å²) in [6, 6.07) is 0. The Kier molecular flexibility index (Phi) is 70.6. The molecule has 0 heterocycles. The molecule has 2 unspecified atom stereocenters. The highest BCUT2D eigenvalue weighted by Crippen LogP contribution is 2.45. The SMILES string of the molecule is CCCCCCCCCCCCCCCCCCCCC(=O)O[C@H](COC(=O)CCCCCCCCCCCCCCCCCC)COP(=O)(O)OC[C@@H](O)COP(=O)(O)OC[C@@H](COC(=O)CCCCCCCCCCC(C)C)OC(=O)CCCCCCCCCCCCCCC. The maximum atomic E-state index is 13.1. The zero-order chi connectivity index (χ0) is 71.9. The number of ether oxygens (including phenoxy) is 4. The molecule has 0 saturated heterocycles. The van der Waals surface area contributed by atoms with Crippen molar-refractivity contribution in [1.29, 1.82) is 0 Å². The molecule has 0 spiro atoms. The quantitative estimate of drug-likeness (QED) is 0.0222. The van der Waals surface area contributed by atoms with Crippen molar-refractivity contribution < 1.29 is 80.2 Å². The van der Waals surface area contributed by atoms with Crippen molar-refractivity contribution in [2.24, 2.45) is 5.92 Å². The van der Waals surface area contributed by atoms with Crippen LogP contribution in [0.3, 0.4) is 0 Å². The van der Waals surface area contributed by atoms with Crippen LogP contribution < -0.4 is 0 Å². The third-order valence-corrected chi connectivity index (χ3v) is 20.4. The van der Waals surface area contributed by atoms with E-state index in [9.17, 15) is 43.2 Å². The Balaban J connectivity index is 5.25. The molecule has 0 rings (SSSR count). The Labute approximate surface area is 600 Å². The van der Waals surface area contributed by atoms with Gasteiger partial charge in [-0.15, -0.1) is 0 Å². The molecule has 0 fully saturated rings. The molecule has 0 aromatic rings. The molecule has 19 heteroatoms. The van der Waals surface area contributed by atoms with Gasteiger partial charge in [-0.2, -0.15) is 0 Å². The smallest absolute Gasteiger partial charge is 0.462 e. The summed E-state index contributed by atoms with van der Waals surface area (Å²) in [7, 11) is -9.92. The monoisotopic (exact) mass is 1440 g/mol. The van der Waals surface area contributed by atoms with Crippen LogP contribution in [-0.4, -0.2) is 96.7 Å². The van der Waals surface area contributed by atoms with Gasteiger partial charge >= 0.3 is 39.5 Å². The lowest BCUT2D eigenvalue weighted by Gasteiger charge is -2.21. The number of phosphoric ester groups is 2. The van der Waals surface area contributed by atoms with Gasteiger partial charge in [0.25, 0.3) is 0 Å². The molecular formula is C79H154O17P2. The molecule has 0 aromatic carbocycles. The summed E-state index contributed by atoms with van der Waals surface area (Å²) in [6.07, 6.45) is 62.4. The minimum Gasteiger partial charge on any atom is -0.462 e. The standard InChI is InChI=1S/C79H154O17P2/c1-6-9-12-15-18-21-24-27-29-31-32-34-37-40-43-50-55-60-65-79(84)95-74(68-89-76(81)62-57-52-47-41-38-36-33-30-28-25-22-19-16-13-10-7-2)70-93-97(85,86)91-66-73(80)67-92-98(87,88)94-71-75(69-90-77(82)63-58-53-48-45-44-46-51-56-61-72(4)5)96-78(83)64-59-54-49-42-39-35-26-23-20-17-14-11-8-3/h72-75,80H,6-71H2,1-5H3,(H,85,86)(H,87,88)/t73-,74-,75-/m1/s1. The molecule has 0 amide bonds. The number of hydrogen-bond acceptors (Lipinski definition) is 15. The molecule has 0 radical (unpaired) electrons. The highest BCUT2D eigenvalue weighted by molar-refractivity contribution is 7.47. The summed E-state index contributed by atoms with van der Waals surface area (Å²) >= 11 is 0. The van der Waals surface area contributed by atoms with Crippen molar-refractivity contribution in [2.45, 2.75) is 438 Å². The van der Waals surface area contributed by atoms with Crippen LogP contribution in [0, 0.1) is 5.92 Å². The summed E-state index contributed by atoms with van der Waals surface area (Å²) < 4.78 is 68.7. The minimum atomic E-state index is -4.96. The van der Waals surface area contributed by atoms with Crippen LogP contribution in [0.15, 0.2) is 0 Å². The Hall–Kier alpha value is -1.94. The topological polar surface area (TPSA) is 237 Å². The van der Waals surface area contributed by atoms with E-state index in [0.29, 0.717) is 25.7 Å². The van der Waals surface area contributed by atoms with Crippen molar-refractivity contribution in [2.75, 3.05) is 39.6 Å². The van der Waals surface area contributed by atoms with Crippen LogP contribution >= 0.6 is 15.6 Å². The summed E-state index contributed by atoms with van der Waals surface area (Å²) in [4.78, 5) is 73.0. The fourth-order valence-corrected chi connectivity index (χ4v) is 13.8. The maximum Gasteiger partial charge on any atom is 0.472 e. The first-order valence-corrected chi connectivity index (χ1v) is 44.1. The summed E-state index contributed by atoms with van der Waals surface area (Å²) in [5, 5.41) is 10.6. The third-order valence-electron chi connectivity index (χ3n) is 18.5. The van der Waals surface area contributed by atoms with Gasteiger partial charge in [0, 0.05) is 25.7 Å². The second-order valence-electron chi connectivity index (χ2n) is 28.9. The van der Waals surface area contributed by atoms with Gasteiger partial charge in [-0.3, -0.25) is 37.3 Å². The lowest BCUT2D eigenvalue weighted by molar-refractivity contribution is -0.161. The van der Waals surface area contributed by atoms with E-state index in [1.807, 2.05) is 0 Å². The average molecular weight is 1440 g/mol. The van der Waals surface area contributed by atoms with Crippen molar-refractivity contribution in [3.63, 3.8) is 0 Å². The largest absolute Gasteiger partial charge is 0.472 e. The van der Waals surface area contributed by atoms with E-state index in [4.69, 9.17) is 37.0 Å². The number of unbranched alkanes of at least 4 members (excludes halogenated alkanes) is 51. The molecular weight excluding hydrogens is 1280 g/mol. The van der Waals surface area contributed by atoms with Crippen molar-refractivity contribution >= 4 is 39.5 Å². The summed E-state index contributed by atoms with van der Waals surface area (Å²) in [6.45, 7) is 7.29. The van der Waals surface area contributed by atoms with Crippen LogP contribution in [0.5, 0.6) is 0 Å². The zero-order valence-electron chi connectivity index (χ0n) is 63.9. The van der Waals surface area contributed by atoms with Crippen molar-refractivity contribution in [3.05, 3.63) is 0 Å². The lowest BCUT2D eigenvalue weighted by Crippen LogP contribution is -2.30. The maximum absolute atomic E-state index is 13.1. The van der Waals surface area contributed by atoms with Crippen LogP contribution in [0.4, 0.5) is 0 Å². The summed E-state index contributed by atoms with van der Waals surface area (Å²) in [5.41, 5.74) is 0. The number of carbonyl (C=O) groups excluding carboxylic acids is 4. The van der Waals surface area contributed by atoms with E-state index in [1.54, 1.807) is 0 Å². The number of carbonyl (C=O) groups is 4. The van der Waals surface area contributed by atoms with Crippen LogP contribution in [0.25, 0.3) is 0 Å². The fraction of sp³-hybridized carbons (Fsp3) is 0.949. The predicted molar refractivity (Wildman–Crippen MR) is 400 cm³/mol. The van der Waals surface area contributed by atoms with Gasteiger partial charge < -0.3 is 33.8 Å². The second-order valence-corrected chi connectivity index (χ2v) is 31.8. The molecule has 0 aliphatic rings. The van der Waals surface area contributed by atoms with Gasteiger partial charge in [0.05, 0.1) is 26.4 Å². The molecule has 5 atom stereocenters. The summed E-state index contributed by atoms with van der Waals surface area (Å²) in [5.74, 6) is -1.38. The Bertz CT molecular complexity index is 1870. The van der Waals surface area contributed by atoms with Gasteiger partial charge in [0.2, 0.25) is 0 Å². The van der Waals surface area contributed by atoms with Gasteiger partial charge in [0.1, 0.15) is 19.3 Å². The zero-order valence-corrected chi connectivity index (χ0v) is 65.7. The molecule has 0 saturated carbocycles. The molecule has 0 aliphatic carbocycles. The van der Waals surface area contributed by atoms with Crippen LogP contribution in [0.1, 0.15) is 420 Å². The normalized spacial score (nSPS) is 13.9. The van der Waals surface area contributed by atoms with E-state index in [-0.39, 0.29) is 25.7 Å². The fourth-order valence-electron chi connectivity index (χ4n) is 12.2. The van der Waals surface area contributed by atoms with E-state index >= 15 is 0 Å². The Morgan fingerprint density at radius 3 is 0.694 bits per heavy atom. The highest BCUT2D eigenvalue weighted by Gasteiger charge is 2.30. The van der Waals surface area contributed by atoms with E-state index in [1.165, 1.54) is 244 Å². The molecule has 98 heavy (non-hydrogen) atoms. The first-order chi connectivity index (χ1) is 47.5. The van der Waals surface area contributed by atoms with E-state index in [0.717, 1.165) is 95.8 Å². The predicted octanol–water partition coefficient (Wildman–Crippen LogP) is 23.6. The lowest BCUT2D eigenvalue weighted by atomic mass is 10.0. The van der Waals surface area contributed by atoms with Crippen LogP contribution in [0.2, 0.25) is 0 Å². The molecule has 17 nitrogen and oxygen atoms in total. The highest BCUT2D eigenvalue weighted by atomic mass is 31.2. The molecule has 582 valence electrons. The molecule has 0 bridgehead atoms. The van der Waals surface area contributed by atoms with Gasteiger partial charge in [0.15, 0.2) is 12.2 Å². The first kappa shape index (κ1) is 96.1. The Morgan fingerprint density at radius 1 is 0.276 bits per heavy atom. The first-order valence-electron chi connectivity index (χ1n) is 41.1. The van der Waals surface area contributed by atoms with Gasteiger partial charge in [-0.25, -0.2) is 9.13 Å². The number of hydrogen-bond donors (Lipinski definition) is 3. The number of rotatable bonds is 79.